The van der Waals surface area contributed by atoms with Gasteiger partial charge in [-0.15, -0.1) is 0 Å². The number of sulfonamides is 1. The summed E-state index contributed by atoms with van der Waals surface area (Å²) >= 11 is 0. The van der Waals surface area contributed by atoms with E-state index in [1.807, 2.05) is 11.9 Å². The number of rotatable bonds is 5. The molecule has 0 aromatic heterocycles. The van der Waals surface area contributed by atoms with E-state index in [9.17, 15) is 13.2 Å². The molecule has 0 radical (unpaired) electrons. The molecule has 7 nitrogen and oxygen atoms in total. The van der Waals surface area contributed by atoms with Crippen molar-refractivity contribution in [2.45, 2.75) is 36.5 Å². The highest BCUT2D eigenvalue weighted by molar-refractivity contribution is 7.90. The second-order valence-corrected chi connectivity index (χ2v) is 10.3. The predicted octanol–water partition coefficient (Wildman–Crippen LogP) is -0.0204. The van der Waals surface area contributed by atoms with Gasteiger partial charge in [0, 0.05) is 58.3 Å². The number of carbonyl (C=O) groups is 1. The molecule has 1 aliphatic carbocycles. The summed E-state index contributed by atoms with van der Waals surface area (Å²) in [6.45, 7) is 4.38. The third kappa shape index (κ3) is 2.72. The van der Waals surface area contributed by atoms with Crippen LogP contribution >= 0.6 is 0 Å². The number of amides is 1. The van der Waals surface area contributed by atoms with Crippen molar-refractivity contribution in [1.29, 1.82) is 0 Å². The lowest BCUT2D eigenvalue weighted by Gasteiger charge is -2.46. The van der Waals surface area contributed by atoms with Crippen LogP contribution in [0.1, 0.15) is 25.7 Å². The van der Waals surface area contributed by atoms with Gasteiger partial charge in [0.1, 0.15) is 0 Å². The van der Waals surface area contributed by atoms with Gasteiger partial charge < -0.3 is 9.64 Å². The predicted molar refractivity (Wildman–Crippen MR) is 93.5 cm³/mol. The minimum atomic E-state index is -3.11. The largest absolute Gasteiger partial charge is 0.383 e. The Kier molecular flexibility index (Phi) is 4.38. The van der Waals surface area contributed by atoms with E-state index in [0.29, 0.717) is 25.6 Å². The maximum atomic E-state index is 12.8. The lowest BCUT2D eigenvalue weighted by atomic mass is 9.75. The fraction of sp³-hybridized carbons (Fsp3) is 0.941. The van der Waals surface area contributed by atoms with E-state index in [2.05, 4.69) is 4.90 Å². The highest BCUT2D eigenvalue weighted by atomic mass is 32.2. The summed E-state index contributed by atoms with van der Waals surface area (Å²) in [4.78, 5) is 17.1. The number of ether oxygens (including phenoxy) is 1. The van der Waals surface area contributed by atoms with Gasteiger partial charge in [0.15, 0.2) is 0 Å². The Labute approximate surface area is 150 Å². The highest BCUT2D eigenvalue weighted by Crippen LogP contribution is 2.49. The zero-order chi connectivity index (χ0) is 17.8. The SMILES string of the molecule is COCCN1C[C@@H]2C(=O)N(C)C3(CCN(S(=O)(=O)C4CC4)CC3)[C@@H]2C1. The molecule has 4 aliphatic rings. The van der Waals surface area contributed by atoms with E-state index in [1.54, 1.807) is 11.4 Å². The molecule has 8 heteroatoms. The number of fused-ring (bicyclic) bond motifs is 2. The Balaban J connectivity index is 1.48. The number of hydrogen-bond acceptors (Lipinski definition) is 5. The highest BCUT2D eigenvalue weighted by Gasteiger charge is 2.61. The summed E-state index contributed by atoms with van der Waals surface area (Å²) in [6.07, 6.45) is 3.14. The van der Waals surface area contributed by atoms with Crippen molar-refractivity contribution in [3.8, 4) is 0 Å². The summed E-state index contributed by atoms with van der Waals surface area (Å²) in [5.41, 5.74) is -0.168. The van der Waals surface area contributed by atoms with Gasteiger partial charge in [0.25, 0.3) is 0 Å². The quantitative estimate of drug-likeness (QED) is 0.679. The molecule has 0 N–H and O–H groups in total. The van der Waals surface area contributed by atoms with Crippen LogP contribution in [-0.4, -0.2) is 92.7 Å². The Morgan fingerprint density at radius 3 is 2.48 bits per heavy atom. The van der Waals surface area contributed by atoms with Crippen molar-refractivity contribution >= 4 is 15.9 Å². The third-order valence-corrected chi connectivity index (χ3v) is 9.31. The number of piperidine rings is 1. The van der Waals surface area contributed by atoms with Gasteiger partial charge in [-0.2, -0.15) is 0 Å². The lowest BCUT2D eigenvalue weighted by Crippen LogP contribution is -2.57. The third-order valence-electron chi connectivity index (χ3n) is 6.91. The topological polar surface area (TPSA) is 70.2 Å². The van der Waals surface area contributed by atoms with Crippen LogP contribution in [0.2, 0.25) is 0 Å². The average Bonchev–Trinajstić information content (AvgIpc) is 3.36. The van der Waals surface area contributed by atoms with Crippen molar-refractivity contribution < 1.29 is 17.9 Å². The number of hydrogen-bond donors (Lipinski definition) is 0. The first-order valence-electron chi connectivity index (χ1n) is 9.38. The summed E-state index contributed by atoms with van der Waals surface area (Å²) in [5.74, 6) is 0.615. The molecule has 3 heterocycles. The summed E-state index contributed by atoms with van der Waals surface area (Å²) in [5, 5.41) is -0.145. The van der Waals surface area contributed by atoms with Gasteiger partial charge in [0.2, 0.25) is 15.9 Å². The van der Waals surface area contributed by atoms with Gasteiger partial charge in [-0.1, -0.05) is 0 Å². The molecular formula is C17H29N3O4S. The molecule has 3 aliphatic heterocycles. The van der Waals surface area contributed by atoms with E-state index in [0.717, 1.165) is 45.3 Å². The van der Waals surface area contributed by atoms with Gasteiger partial charge >= 0.3 is 0 Å². The molecule has 0 bridgehead atoms. The smallest absolute Gasteiger partial charge is 0.227 e. The van der Waals surface area contributed by atoms with Crippen molar-refractivity contribution in [2.24, 2.45) is 11.8 Å². The zero-order valence-corrected chi connectivity index (χ0v) is 16.0. The Hall–Kier alpha value is -0.700. The molecule has 2 atom stereocenters. The summed E-state index contributed by atoms with van der Waals surface area (Å²) < 4.78 is 31.9. The molecule has 0 unspecified atom stereocenters. The molecule has 25 heavy (non-hydrogen) atoms. The molecule has 1 saturated carbocycles. The molecular weight excluding hydrogens is 342 g/mol. The average molecular weight is 372 g/mol. The maximum absolute atomic E-state index is 12.8. The second-order valence-electron chi connectivity index (χ2n) is 8.11. The molecule has 4 rings (SSSR count). The standard InChI is InChI=1S/C17H29N3O4S/c1-18-16(21)14-11-19(9-10-24-2)12-15(14)17(18)5-7-20(8-6-17)25(22,23)13-3-4-13/h13-15H,3-12H2,1-2H3/t14-,15+/m0/s1. The van der Waals surface area contributed by atoms with E-state index in [4.69, 9.17) is 4.74 Å². The first-order chi connectivity index (χ1) is 11.9. The molecule has 1 amide bonds. The van der Waals surface area contributed by atoms with Crippen LogP contribution in [0.25, 0.3) is 0 Å². The first kappa shape index (κ1) is 17.7. The van der Waals surface area contributed by atoms with Crippen LogP contribution in [0.15, 0.2) is 0 Å². The van der Waals surface area contributed by atoms with Crippen LogP contribution in [0, 0.1) is 11.8 Å². The van der Waals surface area contributed by atoms with Crippen LogP contribution in [0.3, 0.4) is 0 Å². The Morgan fingerprint density at radius 1 is 1.20 bits per heavy atom. The van der Waals surface area contributed by atoms with E-state index in [1.165, 1.54) is 0 Å². The van der Waals surface area contributed by atoms with Gasteiger partial charge in [-0.05, 0) is 25.7 Å². The Morgan fingerprint density at radius 2 is 1.88 bits per heavy atom. The van der Waals surface area contributed by atoms with E-state index in [-0.39, 0.29) is 22.6 Å². The van der Waals surface area contributed by atoms with Crippen molar-refractivity contribution in [3.05, 3.63) is 0 Å². The van der Waals surface area contributed by atoms with Crippen LogP contribution in [-0.2, 0) is 19.6 Å². The van der Waals surface area contributed by atoms with E-state index < -0.39 is 10.0 Å². The lowest BCUT2D eigenvalue weighted by molar-refractivity contribution is -0.133. The molecule has 0 aromatic rings. The number of nitrogens with zero attached hydrogens (tertiary/aromatic N) is 3. The normalized spacial score (nSPS) is 33.4. The van der Waals surface area contributed by atoms with Crippen molar-refractivity contribution in [2.75, 3.05) is 53.5 Å². The second kappa shape index (κ2) is 6.18. The minimum Gasteiger partial charge on any atom is -0.383 e. The fourth-order valence-electron chi connectivity index (χ4n) is 5.21. The number of likely N-dealkylation sites (tertiary alicyclic amines) is 2. The van der Waals surface area contributed by atoms with Gasteiger partial charge in [-0.25, -0.2) is 12.7 Å². The maximum Gasteiger partial charge on any atom is 0.227 e. The minimum absolute atomic E-state index is 0.0634. The fourth-order valence-corrected chi connectivity index (χ4v) is 7.06. The molecule has 142 valence electrons. The number of carbonyl (C=O) groups excluding carboxylic acids is 1. The summed E-state index contributed by atoms with van der Waals surface area (Å²) in [6, 6.07) is 0. The summed E-state index contributed by atoms with van der Waals surface area (Å²) in [7, 11) is 0.516. The Bertz CT molecular complexity index is 640. The molecule has 1 spiro atoms. The molecule has 0 aromatic carbocycles. The van der Waals surface area contributed by atoms with E-state index >= 15 is 0 Å². The monoisotopic (exact) mass is 371 g/mol. The van der Waals surface area contributed by atoms with Crippen LogP contribution < -0.4 is 0 Å². The first-order valence-corrected chi connectivity index (χ1v) is 10.9. The van der Waals surface area contributed by atoms with Crippen LogP contribution in [0.5, 0.6) is 0 Å². The van der Waals surface area contributed by atoms with Crippen molar-refractivity contribution in [1.82, 2.24) is 14.1 Å². The molecule has 3 saturated heterocycles. The van der Waals surface area contributed by atoms with Crippen molar-refractivity contribution in [3.63, 3.8) is 0 Å². The van der Waals surface area contributed by atoms with Gasteiger partial charge in [0.05, 0.1) is 17.8 Å². The van der Waals surface area contributed by atoms with Crippen LogP contribution in [0.4, 0.5) is 0 Å². The van der Waals surface area contributed by atoms with Gasteiger partial charge in [-0.3, -0.25) is 9.69 Å². The molecule has 4 fully saturated rings. The number of methoxy groups -OCH3 is 1. The zero-order valence-electron chi connectivity index (χ0n) is 15.2.